The van der Waals surface area contributed by atoms with E-state index in [0.717, 1.165) is 17.8 Å². The highest BCUT2D eigenvalue weighted by molar-refractivity contribution is 4.86. The molecule has 0 amide bonds. The van der Waals surface area contributed by atoms with Gasteiger partial charge in [-0.3, -0.25) is 0 Å². The summed E-state index contributed by atoms with van der Waals surface area (Å²) >= 11 is 0. The average molecular weight is 168 g/mol. The van der Waals surface area contributed by atoms with Gasteiger partial charge in [0.1, 0.15) is 0 Å². The van der Waals surface area contributed by atoms with Gasteiger partial charge in [0.15, 0.2) is 0 Å². The minimum absolute atomic E-state index is 0.582. The summed E-state index contributed by atoms with van der Waals surface area (Å²) in [7, 11) is 0. The third-order valence-corrected chi connectivity index (χ3v) is 4.30. The molecule has 1 fully saturated rings. The van der Waals surface area contributed by atoms with E-state index in [1.54, 1.807) is 0 Å². The zero-order valence-electron chi connectivity index (χ0n) is 9.35. The SMILES string of the molecule is CCC(C)(C)C1CC(C)C(C)C1. The molecule has 0 radical (unpaired) electrons. The standard InChI is InChI=1S/C12H24/c1-6-12(4,5)11-7-9(2)10(3)8-11/h9-11H,6-8H2,1-5H3. The van der Waals surface area contributed by atoms with Gasteiger partial charge >= 0.3 is 0 Å². The Morgan fingerprint density at radius 3 is 1.83 bits per heavy atom. The summed E-state index contributed by atoms with van der Waals surface area (Å²) in [6, 6.07) is 0. The van der Waals surface area contributed by atoms with Gasteiger partial charge in [-0.25, -0.2) is 0 Å². The number of hydrogen-bond acceptors (Lipinski definition) is 0. The van der Waals surface area contributed by atoms with Gasteiger partial charge in [-0.15, -0.1) is 0 Å². The fourth-order valence-electron chi connectivity index (χ4n) is 2.39. The Labute approximate surface area is 77.7 Å². The number of hydrogen-bond donors (Lipinski definition) is 0. The van der Waals surface area contributed by atoms with E-state index in [-0.39, 0.29) is 0 Å². The summed E-state index contributed by atoms with van der Waals surface area (Å²) in [5.41, 5.74) is 0.582. The van der Waals surface area contributed by atoms with Crippen LogP contribution < -0.4 is 0 Å². The van der Waals surface area contributed by atoms with E-state index in [9.17, 15) is 0 Å². The zero-order valence-corrected chi connectivity index (χ0v) is 9.35. The summed E-state index contributed by atoms with van der Waals surface area (Å²) in [6.07, 6.45) is 4.25. The Kier molecular flexibility index (Phi) is 2.85. The fraction of sp³-hybridized carbons (Fsp3) is 1.00. The van der Waals surface area contributed by atoms with Crippen molar-refractivity contribution in [3.63, 3.8) is 0 Å². The van der Waals surface area contributed by atoms with Gasteiger partial charge in [0.05, 0.1) is 0 Å². The molecule has 0 N–H and O–H groups in total. The van der Waals surface area contributed by atoms with Gasteiger partial charge < -0.3 is 0 Å². The smallest absolute Gasteiger partial charge is 0.0328 e. The monoisotopic (exact) mass is 168 g/mol. The Morgan fingerprint density at radius 1 is 1.08 bits per heavy atom. The third-order valence-electron chi connectivity index (χ3n) is 4.30. The van der Waals surface area contributed by atoms with Crippen LogP contribution in [-0.4, -0.2) is 0 Å². The minimum atomic E-state index is 0.582. The van der Waals surface area contributed by atoms with Crippen molar-refractivity contribution in [1.29, 1.82) is 0 Å². The average Bonchev–Trinajstić information content (AvgIpc) is 2.33. The first-order valence-electron chi connectivity index (χ1n) is 5.47. The van der Waals surface area contributed by atoms with Crippen molar-refractivity contribution in [3.05, 3.63) is 0 Å². The highest BCUT2D eigenvalue weighted by Crippen LogP contribution is 2.46. The van der Waals surface area contributed by atoms with Crippen LogP contribution in [0, 0.1) is 23.2 Å². The van der Waals surface area contributed by atoms with Crippen molar-refractivity contribution in [2.45, 2.75) is 53.9 Å². The van der Waals surface area contributed by atoms with Crippen molar-refractivity contribution in [1.82, 2.24) is 0 Å². The van der Waals surface area contributed by atoms with Crippen LogP contribution >= 0.6 is 0 Å². The van der Waals surface area contributed by atoms with E-state index >= 15 is 0 Å². The Balaban J connectivity index is 2.56. The molecular weight excluding hydrogens is 144 g/mol. The van der Waals surface area contributed by atoms with Crippen LogP contribution in [-0.2, 0) is 0 Å². The van der Waals surface area contributed by atoms with Crippen LogP contribution in [0.3, 0.4) is 0 Å². The molecule has 1 aliphatic carbocycles. The zero-order chi connectivity index (χ0) is 9.35. The molecule has 2 unspecified atom stereocenters. The van der Waals surface area contributed by atoms with Gasteiger partial charge in [0.2, 0.25) is 0 Å². The predicted molar refractivity (Wildman–Crippen MR) is 55.1 cm³/mol. The second kappa shape index (κ2) is 3.40. The van der Waals surface area contributed by atoms with Crippen LogP contribution in [0.2, 0.25) is 0 Å². The molecule has 0 saturated heterocycles. The lowest BCUT2D eigenvalue weighted by Crippen LogP contribution is -2.20. The van der Waals surface area contributed by atoms with Crippen molar-refractivity contribution in [2.75, 3.05) is 0 Å². The Morgan fingerprint density at radius 2 is 1.50 bits per heavy atom. The molecule has 12 heavy (non-hydrogen) atoms. The summed E-state index contributed by atoms with van der Waals surface area (Å²) in [5, 5.41) is 0. The topological polar surface area (TPSA) is 0 Å². The van der Waals surface area contributed by atoms with E-state index in [4.69, 9.17) is 0 Å². The maximum absolute atomic E-state index is 2.43. The molecule has 0 aromatic carbocycles. The van der Waals surface area contributed by atoms with E-state index in [2.05, 4.69) is 34.6 Å². The van der Waals surface area contributed by atoms with Gasteiger partial charge in [-0.1, -0.05) is 41.0 Å². The van der Waals surface area contributed by atoms with Crippen molar-refractivity contribution in [2.24, 2.45) is 23.2 Å². The summed E-state index contributed by atoms with van der Waals surface area (Å²) in [6.45, 7) is 12.0. The molecule has 1 saturated carbocycles. The van der Waals surface area contributed by atoms with E-state index < -0.39 is 0 Å². The molecule has 0 spiro atoms. The summed E-state index contributed by atoms with van der Waals surface area (Å²) in [5.74, 6) is 2.90. The molecule has 1 aliphatic rings. The molecule has 0 aliphatic heterocycles. The first-order valence-corrected chi connectivity index (χ1v) is 5.47. The van der Waals surface area contributed by atoms with Crippen molar-refractivity contribution < 1.29 is 0 Å². The second-order valence-electron chi connectivity index (χ2n) is 5.47. The molecule has 0 heteroatoms. The lowest BCUT2D eigenvalue weighted by atomic mass is 9.75. The number of rotatable bonds is 2. The predicted octanol–water partition coefficient (Wildman–Crippen LogP) is 4.10. The highest BCUT2D eigenvalue weighted by atomic mass is 14.4. The first kappa shape index (κ1) is 10.1. The maximum Gasteiger partial charge on any atom is -0.0328 e. The molecule has 0 heterocycles. The summed E-state index contributed by atoms with van der Waals surface area (Å²) < 4.78 is 0. The summed E-state index contributed by atoms with van der Waals surface area (Å²) in [4.78, 5) is 0. The molecule has 72 valence electrons. The maximum atomic E-state index is 2.43. The lowest BCUT2D eigenvalue weighted by molar-refractivity contribution is 0.201. The third kappa shape index (κ3) is 1.84. The van der Waals surface area contributed by atoms with Crippen LogP contribution in [0.5, 0.6) is 0 Å². The van der Waals surface area contributed by atoms with Gasteiger partial charge in [0.25, 0.3) is 0 Å². The van der Waals surface area contributed by atoms with Gasteiger partial charge in [0, 0.05) is 0 Å². The minimum Gasteiger partial charge on any atom is -0.0649 e. The second-order valence-corrected chi connectivity index (χ2v) is 5.47. The molecular formula is C12H24. The first-order chi connectivity index (χ1) is 5.47. The van der Waals surface area contributed by atoms with E-state index in [1.165, 1.54) is 19.3 Å². The molecule has 0 nitrogen and oxygen atoms in total. The van der Waals surface area contributed by atoms with Crippen LogP contribution in [0.15, 0.2) is 0 Å². The quantitative estimate of drug-likeness (QED) is 0.582. The Bertz CT molecular complexity index is 136. The van der Waals surface area contributed by atoms with Crippen LogP contribution in [0.25, 0.3) is 0 Å². The van der Waals surface area contributed by atoms with Crippen molar-refractivity contribution >= 4 is 0 Å². The van der Waals surface area contributed by atoms with Crippen LogP contribution in [0.4, 0.5) is 0 Å². The van der Waals surface area contributed by atoms with Gasteiger partial charge in [-0.05, 0) is 36.0 Å². The van der Waals surface area contributed by atoms with Crippen molar-refractivity contribution in [3.8, 4) is 0 Å². The largest absolute Gasteiger partial charge is 0.0649 e. The van der Waals surface area contributed by atoms with E-state index in [1.807, 2.05) is 0 Å². The lowest BCUT2D eigenvalue weighted by Gasteiger charge is -2.30. The van der Waals surface area contributed by atoms with E-state index in [0.29, 0.717) is 5.41 Å². The highest BCUT2D eigenvalue weighted by Gasteiger charge is 2.36. The van der Waals surface area contributed by atoms with Gasteiger partial charge in [-0.2, -0.15) is 0 Å². The molecule has 0 bridgehead atoms. The normalized spacial score (nSPS) is 37.2. The molecule has 1 rings (SSSR count). The molecule has 0 aromatic rings. The molecule has 0 aromatic heterocycles. The van der Waals surface area contributed by atoms with Crippen LogP contribution in [0.1, 0.15) is 53.9 Å². The Hall–Kier alpha value is 0. The fourth-order valence-corrected chi connectivity index (χ4v) is 2.39. The molecule has 2 atom stereocenters.